The van der Waals surface area contributed by atoms with E-state index in [1.165, 1.54) is 0 Å². The number of carbonyl (C=O) groups excluding carboxylic acids is 1. The van der Waals surface area contributed by atoms with Crippen LogP contribution in [0.25, 0.3) is 16.9 Å². The molecule has 2 saturated heterocycles. The van der Waals surface area contributed by atoms with Crippen molar-refractivity contribution in [2.75, 3.05) is 39.8 Å². The fourth-order valence-electron chi connectivity index (χ4n) is 6.08. The van der Waals surface area contributed by atoms with Crippen LogP contribution in [0.15, 0.2) is 54.6 Å². The van der Waals surface area contributed by atoms with Crippen LogP contribution in [0.1, 0.15) is 62.5 Å². The summed E-state index contributed by atoms with van der Waals surface area (Å²) < 4.78 is 14.0. The number of nitrogens with zero attached hydrogens (tertiary/aromatic N) is 3. The first-order valence-electron chi connectivity index (χ1n) is 13.6. The molecule has 0 spiro atoms. The van der Waals surface area contributed by atoms with E-state index in [2.05, 4.69) is 44.0 Å². The Hall–Kier alpha value is -3.00. The van der Waals surface area contributed by atoms with Gasteiger partial charge in [-0.1, -0.05) is 36.4 Å². The van der Waals surface area contributed by atoms with Crippen molar-refractivity contribution in [2.45, 2.75) is 57.7 Å². The largest absolute Gasteiger partial charge is 0.494 e. The number of hydrogen-bond donors (Lipinski definition) is 1. The second-order valence-electron chi connectivity index (χ2n) is 11.8. The van der Waals surface area contributed by atoms with Gasteiger partial charge >= 0.3 is 0 Å². The molecule has 38 heavy (non-hydrogen) atoms. The number of Topliss-reactive ketones (excluding diaryl/α,β-unsaturated/α-hetero) is 1. The molecule has 7 nitrogen and oxygen atoms in total. The summed E-state index contributed by atoms with van der Waals surface area (Å²) in [5.41, 5.74) is 4.21. The number of para-hydroxylation sites is 2. The Labute approximate surface area is 226 Å². The molecule has 1 N–H and O–H groups in total. The van der Waals surface area contributed by atoms with Gasteiger partial charge in [0.1, 0.15) is 11.4 Å². The van der Waals surface area contributed by atoms with Crippen LogP contribution in [0, 0.1) is 0 Å². The van der Waals surface area contributed by atoms with Crippen molar-refractivity contribution in [3.63, 3.8) is 0 Å². The molecule has 202 valence electrons. The summed E-state index contributed by atoms with van der Waals surface area (Å²) >= 11 is 0. The molecule has 2 fully saturated rings. The normalized spacial score (nSPS) is 19.8. The minimum atomic E-state index is -0.229. The topological polar surface area (TPSA) is 68.6 Å². The number of rotatable bonds is 7. The molecule has 7 heteroatoms. The highest BCUT2D eigenvalue weighted by molar-refractivity contribution is 5.98. The molecule has 1 aromatic heterocycles. The number of piperazine rings is 1. The van der Waals surface area contributed by atoms with Gasteiger partial charge in [0.2, 0.25) is 0 Å². The fraction of sp³-hybridized carbons (Fsp3) is 0.484. The maximum atomic E-state index is 13.0. The zero-order valence-corrected chi connectivity index (χ0v) is 23.3. The lowest BCUT2D eigenvalue weighted by Crippen LogP contribution is -2.45. The minimum absolute atomic E-state index is 0.157. The number of methoxy groups -OCH3 is 1. The van der Waals surface area contributed by atoms with Crippen LogP contribution in [-0.2, 0) is 4.74 Å². The first-order chi connectivity index (χ1) is 18.1. The first kappa shape index (κ1) is 26.6. The van der Waals surface area contributed by atoms with Crippen molar-refractivity contribution in [1.29, 1.82) is 0 Å². The minimum Gasteiger partial charge on any atom is -0.494 e. The molecule has 0 radical (unpaired) electrons. The average molecular weight is 517 g/mol. The summed E-state index contributed by atoms with van der Waals surface area (Å²) in [6.07, 6.45) is 1.80. The maximum absolute atomic E-state index is 13.0. The molecule has 0 saturated carbocycles. The summed E-state index contributed by atoms with van der Waals surface area (Å²) in [5.74, 6) is 1.19. The predicted molar refractivity (Wildman–Crippen MR) is 150 cm³/mol. The Morgan fingerprint density at radius 3 is 2.34 bits per heavy atom. The Morgan fingerprint density at radius 1 is 1.03 bits per heavy atom. The quantitative estimate of drug-likeness (QED) is 0.442. The van der Waals surface area contributed by atoms with Crippen LogP contribution in [0.5, 0.6) is 5.75 Å². The van der Waals surface area contributed by atoms with Crippen LogP contribution in [0.4, 0.5) is 0 Å². The highest BCUT2D eigenvalue weighted by atomic mass is 16.5. The molecule has 3 heterocycles. The molecular formula is C31H40N4O3. The summed E-state index contributed by atoms with van der Waals surface area (Å²) in [4.78, 5) is 15.2. The molecule has 0 bridgehead atoms. The summed E-state index contributed by atoms with van der Waals surface area (Å²) in [5, 5.41) is 8.49. The molecular weight excluding hydrogens is 476 g/mol. The van der Waals surface area contributed by atoms with Crippen molar-refractivity contribution < 1.29 is 14.3 Å². The number of carbonyl (C=O) groups is 1. The zero-order chi connectivity index (χ0) is 26.9. The van der Waals surface area contributed by atoms with Crippen molar-refractivity contribution in [1.82, 2.24) is 20.0 Å². The Bertz CT molecular complexity index is 1260. The number of nitrogens with one attached hydrogen (secondary N) is 1. The van der Waals surface area contributed by atoms with Crippen molar-refractivity contribution in [3.05, 3.63) is 65.9 Å². The van der Waals surface area contributed by atoms with E-state index < -0.39 is 0 Å². The van der Waals surface area contributed by atoms with E-state index in [-0.39, 0.29) is 22.9 Å². The van der Waals surface area contributed by atoms with E-state index in [1.54, 1.807) is 7.11 Å². The third kappa shape index (κ3) is 5.85. The average Bonchev–Trinajstić information content (AvgIpc) is 3.33. The molecule has 0 atom stereocenters. The number of hydrogen-bond acceptors (Lipinski definition) is 6. The SMILES string of the molecule is COc1ccccc1-n1nc(C2CC(C)(C)OC(C)(C)C2)cc1-c1ccc(C(=O)CN2CCNCC2)cc1. The molecule has 2 aliphatic heterocycles. The van der Waals surface area contributed by atoms with Crippen LogP contribution in [0.2, 0.25) is 0 Å². The standard InChI is InChI=1S/C31H40N4O3/c1-30(2)19-24(20-31(3,4)38-30)25-18-27(35(33-25)26-8-6-7-9-29(26)37-5)22-10-12-23(13-11-22)28(36)21-34-16-14-32-15-17-34/h6-13,18,24,32H,14-17,19-21H2,1-5H3. The van der Waals surface area contributed by atoms with Gasteiger partial charge in [-0.3, -0.25) is 9.69 Å². The lowest BCUT2D eigenvalue weighted by molar-refractivity contribution is -0.162. The van der Waals surface area contributed by atoms with Gasteiger partial charge in [-0.15, -0.1) is 0 Å². The van der Waals surface area contributed by atoms with Crippen LogP contribution >= 0.6 is 0 Å². The Morgan fingerprint density at radius 2 is 1.68 bits per heavy atom. The Balaban J connectivity index is 1.49. The fourth-order valence-corrected chi connectivity index (χ4v) is 6.08. The highest BCUT2D eigenvalue weighted by Crippen LogP contribution is 2.44. The van der Waals surface area contributed by atoms with Gasteiger partial charge in [0.15, 0.2) is 5.78 Å². The van der Waals surface area contributed by atoms with E-state index in [4.69, 9.17) is 14.6 Å². The van der Waals surface area contributed by atoms with Gasteiger partial charge in [0.25, 0.3) is 0 Å². The smallest absolute Gasteiger partial charge is 0.176 e. The highest BCUT2D eigenvalue weighted by Gasteiger charge is 2.41. The zero-order valence-electron chi connectivity index (χ0n) is 23.3. The van der Waals surface area contributed by atoms with E-state index in [0.29, 0.717) is 6.54 Å². The summed E-state index contributed by atoms with van der Waals surface area (Å²) in [6.45, 7) is 12.8. The second kappa shape index (κ2) is 10.6. The Kier molecular flexibility index (Phi) is 7.45. The van der Waals surface area contributed by atoms with Crippen LogP contribution in [0.3, 0.4) is 0 Å². The van der Waals surface area contributed by atoms with Crippen LogP contribution < -0.4 is 10.1 Å². The van der Waals surface area contributed by atoms with Gasteiger partial charge in [0, 0.05) is 43.2 Å². The van der Waals surface area contributed by atoms with Gasteiger partial charge in [-0.2, -0.15) is 5.10 Å². The van der Waals surface area contributed by atoms with Crippen LogP contribution in [-0.4, -0.2) is 71.5 Å². The molecule has 0 aliphatic carbocycles. The first-order valence-corrected chi connectivity index (χ1v) is 13.6. The van der Waals surface area contributed by atoms with Gasteiger partial charge in [-0.05, 0) is 58.7 Å². The molecule has 2 aliphatic rings. The molecule has 5 rings (SSSR count). The third-order valence-corrected chi connectivity index (χ3v) is 7.57. The van der Waals surface area contributed by atoms with Crippen molar-refractivity contribution in [3.8, 4) is 22.7 Å². The molecule has 0 amide bonds. The number of aromatic nitrogens is 2. The maximum Gasteiger partial charge on any atom is 0.176 e. The van der Waals surface area contributed by atoms with E-state index in [9.17, 15) is 4.79 Å². The third-order valence-electron chi connectivity index (χ3n) is 7.57. The van der Waals surface area contributed by atoms with Gasteiger partial charge in [-0.25, -0.2) is 4.68 Å². The number of benzene rings is 2. The van der Waals surface area contributed by atoms with Gasteiger partial charge < -0.3 is 14.8 Å². The molecule has 3 aromatic rings. The molecule has 2 aromatic carbocycles. The predicted octanol–water partition coefficient (Wildman–Crippen LogP) is 5.09. The van der Waals surface area contributed by atoms with Crippen molar-refractivity contribution >= 4 is 5.78 Å². The molecule has 0 unspecified atom stereocenters. The lowest BCUT2D eigenvalue weighted by atomic mass is 9.79. The van der Waals surface area contributed by atoms with Gasteiger partial charge in [0.05, 0.1) is 36.2 Å². The monoisotopic (exact) mass is 516 g/mol. The van der Waals surface area contributed by atoms with Crippen molar-refractivity contribution in [2.24, 2.45) is 0 Å². The summed E-state index contributed by atoms with van der Waals surface area (Å²) in [7, 11) is 1.69. The lowest BCUT2D eigenvalue weighted by Gasteiger charge is -2.45. The van der Waals surface area contributed by atoms with E-state index in [0.717, 1.165) is 73.0 Å². The number of ketones is 1. The van der Waals surface area contributed by atoms with E-state index >= 15 is 0 Å². The second-order valence-corrected chi connectivity index (χ2v) is 11.8. The van der Waals surface area contributed by atoms with E-state index in [1.807, 2.05) is 53.2 Å². The summed E-state index contributed by atoms with van der Waals surface area (Å²) in [6, 6.07) is 18.1. The number of ether oxygens (including phenoxy) is 2.